The number of benzene rings is 1. The Hall–Kier alpha value is -2.04. The van der Waals surface area contributed by atoms with Gasteiger partial charge in [-0.2, -0.15) is 0 Å². The Morgan fingerprint density at radius 1 is 1.37 bits per heavy atom. The van der Waals surface area contributed by atoms with Gasteiger partial charge in [0.1, 0.15) is 0 Å². The Morgan fingerprint density at radius 2 is 2.05 bits per heavy atom. The number of hydrogen-bond acceptors (Lipinski definition) is 2. The van der Waals surface area contributed by atoms with Gasteiger partial charge in [0.15, 0.2) is 0 Å². The first kappa shape index (κ1) is 13.4. The highest BCUT2D eigenvalue weighted by atomic mass is 16.4. The number of nitrogens with zero attached hydrogens (tertiary/aromatic N) is 1. The normalized spacial score (nSPS) is 13.9. The van der Waals surface area contributed by atoms with Gasteiger partial charge in [0.2, 0.25) is 0 Å². The van der Waals surface area contributed by atoms with Crippen LogP contribution in [0.2, 0.25) is 0 Å². The van der Waals surface area contributed by atoms with Crippen LogP contribution in [0.25, 0.3) is 0 Å². The van der Waals surface area contributed by atoms with Crippen LogP contribution in [0.4, 0.5) is 4.79 Å². The minimum atomic E-state index is -0.930. The van der Waals surface area contributed by atoms with Crippen LogP contribution in [0, 0.1) is 0 Å². The van der Waals surface area contributed by atoms with Crippen molar-refractivity contribution in [2.24, 2.45) is 0 Å². The van der Waals surface area contributed by atoms with E-state index in [-0.39, 0.29) is 6.03 Å². The second kappa shape index (κ2) is 5.73. The van der Waals surface area contributed by atoms with Gasteiger partial charge < -0.3 is 15.3 Å². The molecule has 0 bridgehead atoms. The number of urea groups is 1. The van der Waals surface area contributed by atoms with E-state index in [9.17, 15) is 9.59 Å². The summed E-state index contributed by atoms with van der Waals surface area (Å²) in [7, 11) is 1.72. The largest absolute Gasteiger partial charge is 0.478 e. The first-order chi connectivity index (χ1) is 9.08. The van der Waals surface area contributed by atoms with Gasteiger partial charge in [-0.3, -0.25) is 0 Å². The molecule has 1 aromatic rings. The Balaban J connectivity index is 1.90. The van der Waals surface area contributed by atoms with Crippen molar-refractivity contribution < 1.29 is 14.7 Å². The summed E-state index contributed by atoms with van der Waals surface area (Å²) in [5.74, 6) is -0.930. The van der Waals surface area contributed by atoms with Crippen molar-refractivity contribution in [3.8, 4) is 0 Å². The second-order valence-corrected chi connectivity index (χ2v) is 4.86. The average Bonchev–Trinajstić information content (AvgIpc) is 3.20. The summed E-state index contributed by atoms with van der Waals surface area (Å²) >= 11 is 0. The van der Waals surface area contributed by atoms with E-state index in [0.717, 1.165) is 18.4 Å². The highest BCUT2D eigenvalue weighted by molar-refractivity contribution is 5.89. The molecule has 102 valence electrons. The molecule has 0 heterocycles. The molecule has 2 amide bonds. The van der Waals surface area contributed by atoms with Gasteiger partial charge in [0.05, 0.1) is 5.56 Å². The van der Waals surface area contributed by atoms with Gasteiger partial charge in [-0.15, -0.1) is 0 Å². The number of rotatable bonds is 5. The van der Waals surface area contributed by atoms with Gasteiger partial charge in [-0.25, -0.2) is 9.59 Å². The molecule has 2 rings (SSSR count). The third-order valence-electron chi connectivity index (χ3n) is 3.22. The van der Waals surface area contributed by atoms with Crippen LogP contribution in [0.15, 0.2) is 24.3 Å². The van der Waals surface area contributed by atoms with Gasteiger partial charge in [0, 0.05) is 19.6 Å². The predicted molar refractivity (Wildman–Crippen MR) is 71.3 cm³/mol. The molecule has 0 aliphatic heterocycles. The molecule has 19 heavy (non-hydrogen) atoms. The summed E-state index contributed by atoms with van der Waals surface area (Å²) in [4.78, 5) is 24.4. The number of carboxylic acids is 1. The molecular weight excluding hydrogens is 244 g/mol. The Labute approximate surface area is 112 Å². The fraction of sp³-hybridized carbons (Fsp3) is 0.429. The number of amides is 2. The van der Waals surface area contributed by atoms with Crippen LogP contribution < -0.4 is 5.32 Å². The molecule has 1 aromatic carbocycles. The van der Waals surface area contributed by atoms with Crippen molar-refractivity contribution in [1.29, 1.82) is 0 Å². The zero-order valence-electron chi connectivity index (χ0n) is 10.9. The number of carboxylic acid groups (broad SMARTS) is 1. The van der Waals surface area contributed by atoms with Crippen molar-refractivity contribution in [3.63, 3.8) is 0 Å². The highest BCUT2D eigenvalue weighted by Gasteiger charge is 2.24. The topological polar surface area (TPSA) is 69.6 Å². The number of hydrogen-bond donors (Lipinski definition) is 2. The molecule has 0 radical (unpaired) electrons. The molecule has 1 saturated carbocycles. The van der Waals surface area contributed by atoms with E-state index in [0.29, 0.717) is 24.6 Å². The molecule has 5 heteroatoms. The molecule has 2 N–H and O–H groups in total. The average molecular weight is 262 g/mol. The molecule has 0 atom stereocenters. The lowest BCUT2D eigenvalue weighted by atomic mass is 10.0. The fourth-order valence-electron chi connectivity index (χ4n) is 1.85. The lowest BCUT2D eigenvalue weighted by Crippen LogP contribution is -2.39. The molecule has 0 aromatic heterocycles. The van der Waals surface area contributed by atoms with E-state index < -0.39 is 5.97 Å². The summed E-state index contributed by atoms with van der Waals surface area (Å²) in [5.41, 5.74) is 1.06. The summed E-state index contributed by atoms with van der Waals surface area (Å²) in [6.45, 7) is 0.503. The van der Waals surface area contributed by atoms with Crippen molar-refractivity contribution in [1.82, 2.24) is 10.2 Å². The third kappa shape index (κ3) is 3.71. The van der Waals surface area contributed by atoms with Crippen LogP contribution in [0.3, 0.4) is 0 Å². The van der Waals surface area contributed by atoms with E-state index >= 15 is 0 Å². The highest BCUT2D eigenvalue weighted by Crippen LogP contribution is 2.18. The SMILES string of the molecule is CN(CCc1ccccc1C(=O)O)C(=O)NC1CC1. The number of aromatic carboxylic acids is 1. The first-order valence-electron chi connectivity index (χ1n) is 6.40. The van der Waals surface area contributed by atoms with E-state index in [1.54, 1.807) is 30.1 Å². The van der Waals surface area contributed by atoms with Crippen molar-refractivity contribution >= 4 is 12.0 Å². The van der Waals surface area contributed by atoms with Crippen LogP contribution in [-0.2, 0) is 6.42 Å². The number of likely N-dealkylation sites (N-methyl/N-ethyl adjacent to an activating group) is 1. The molecule has 0 spiro atoms. The maximum Gasteiger partial charge on any atom is 0.335 e. The van der Waals surface area contributed by atoms with E-state index in [1.165, 1.54) is 0 Å². The Kier molecular flexibility index (Phi) is 4.04. The Morgan fingerprint density at radius 3 is 2.68 bits per heavy atom. The van der Waals surface area contributed by atoms with Crippen LogP contribution in [-0.4, -0.2) is 41.6 Å². The lowest BCUT2D eigenvalue weighted by Gasteiger charge is -2.18. The van der Waals surface area contributed by atoms with Gasteiger partial charge in [0.25, 0.3) is 0 Å². The molecule has 1 aliphatic rings. The maximum atomic E-state index is 11.7. The van der Waals surface area contributed by atoms with Crippen molar-refractivity contribution in [2.45, 2.75) is 25.3 Å². The monoisotopic (exact) mass is 262 g/mol. The molecular formula is C14H18N2O3. The minimum absolute atomic E-state index is 0.0877. The molecule has 0 unspecified atom stereocenters. The number of carbonyl (C=O) groups is 2. The van der Waals surface area contributed by atoms with Crippen molar-refractivity contribution in [2.75, 3.05) is 13.6 Å². The van der Waals surface area contributed by atoms with E-state index in [1.807, 2.05) is 6.07 Å². The number of carbonyl (C=O) groups excluding carboxylic acids is 1. The predicted octanol–water partition coefficient (Wildman–Crippen LogP) is 1.73. The van der Waals surface area contributed by atoms with Crippen LogP contribution in [0.1, 0.15) is 28.8 Å². The first-order valence-corrected chi connectivity index (χ1v) is 6.40. The lowest BCUT2D eigenvalue weighted by molar-refractivity contribution is 0.0695. The second-order valence-electron chi connectivity index (χ2n) is 4.86. The van der Waals surface area contributed by atoms with Crippen molar-refractivity contribution in [3.05, 3.63) is 35.4 Å². The van der Waals surface area contributed by atoms with E-state index in [4.69, 9.17) is 5.11 Å². The smallest absolute Gasteiger partial charge is 0.335 e. The Bertz CT molecular complexity index is 483. The van der Waals surface area contributed by atoms with Gasteiger partial charge >= 0.3 is 12.0 Å². The third-order valence-corrected chi connectivity index (χ3v) is 3.22. The summed E-state index contributed by atoms with van der Waals surface area (Å²) in [6.07, 6.45) is 2.65. The summed E-state index contributed by atoms with van der Waals surface area (Å²) < 4.78 is 0. The fourth-order valence-corrected chi connectivity index (χ4v) is 1.85. The summed E-state index contributed by atoms with van der Waals surface area (Å²) in [5, 5.41) is 12.0. The minimum Gasteiger partial charge on any atom is -0.478 e. The molecule has 1 fully saturated rings. The number of nitrogens with one attached hydrogen (secondary N) is 1. The zero-order chi connectivity index (χ0) is 13.8. The maximum absolute atomic E-state index is 11.7. The summed E-state index contributed by atoms with van der Waals surface area (Å²) in [6, 6.07) is 7.14. The van der Waals surface area contributed by atoms with E-state index in [2.05, 4.69) is 5.32 Å². The van der Waals surface area contributed by atoms with Crippen LogP contribution >= 0.6 is 0 Å². The molecule has 1 aliphatic carbocycles. The zero-order valence-corrected chi connectivity index (χ0v) is 10.9. The standard InChI is InChI=1S/C14H18N2O3/c1-16(14(19)15-11-6-7-11)9-8-10-4-2-3-5-12(10)13(17)18/h2-5,11H,6-9H2,1H3,(H,15,19)(H,17,18). The molecule has 5 nitrogen and oxygen atoms in total. The van der Waals surface area contributed by atoms with Crippen LogP contribution in [0.5, 0.6) is 0 Å². The molecule has 0 saturated heterocycles. The van der Waals surface area contributed by atoms with Gasteiger partial charge in [-0.05, 0) is 30.9 Å². The van der Waals surface area contributed by atoms with Gasteiger partial charge in [-0.1, -0.05) is 18.2 Å². The quantitative estimate of drug-likeness (QED) is 0.849.